The first-order chi connectivity index (χ1) is 9.80. The molecule has 0 aromatic heterocycles. The van der Waals surface area contributed by atoms with Crippen molar-refractivity contribution in [1.82, 2.24) is 9.62 Å². The highest BCUT2D eigenvalue weighted by atomic mass is 32.2. The van der Waals surface area contributed by atoms with Crippen LogP contribution in [0.5, 0.6) is 0 Å². The Labute approximate surface area is 124 Å². The highest BCUT2D eigenvalue weighted by Gasteiger charge is 2.28. The van der Waals surface area contributed by atoms with Gasteiger partial charge in [0.1, 0.15) is 12.4 Å². The molecule has 1 amide bonds. The van der Waals surface area contributed by atoms with Crippen LogP contribution in [-0.4, -0.2) is 45.8 Å². The van der Waals surface area contributed by atoms with Crippen LogP contribution in [0.3, 0.4) is 0 Å². The van der Waals surface area contributed by atoms with Crippen LogP contribution in [-0.2, 0) is 15.0 Å². The summed E-state index contributed by atoms with van der Waals surface area (Å²) >= 11 is 0. The number of para-hydroxylation sites is 1. The Kier molecular flexibility index (Phi) is 5.86. The molecule has 0 bridgehead atoms. The average Bonchev–Trinajstić information content (AvgIpc) is 2.43. The van der Waals surface area contributed by atoms with E-state index in [2.05, 4.69) is 11.9 Å². The first kappa shape index (κ1) is 17.1. The van der Waals surface area contributed by atoms with Gasteiger partial charge in [0.15, 0.2) is 0 Å². The predicted molar refractivity (Wildman–Crippen MR) is 79.6 cm³/mol. The van der Waals surface area contributed by atoms with Crippen molar-refractivity contribution < 1.29 is 17.6 Å². The zero-order valence-electron chi connectivity index (χ0n) is 11.9. The predicted octanol–water partition coefficient (Wildman–Crippen LogP) is 0.741. The Bertz CT molecular complexity index is 617. The van der Waals surface area contributed by atoms with Crippen molar-refractivity contribution in [3.63, 3.8) is 0 Å². The summed E-state index contributed by atoms with van der Waals surface area (Å²) in [7, 11) is -1.37. The molecule has 0 saturated carbocycles. The van der Waals surface area contributed by atoms with Gasteiger partial charge in [-0.3, -0.25) is 4.79 Å². The molecule has 0 radical (unpaired) electrons. The third kappa shape index (κ3) is 4.27. The van der Waals surface area contributed by atoms with E-state index in [0.717, 1.165) is 14.7 Å². The first-order valence-corrected chi connectivity index (χ1v) is 7.52. The van der Waals surface area contributed by atoms with E-state index in [9.17, 15) is 17.6 Å². The smallest absolute Gasteiger partial charge is 0.304 e. The molecule has 6 nitrogen and oxygen atoms in total. The number of hydrogen-bond acceptors (Lipinski definition) is 3. The largest absolute Gasteiger partial charge is 0.351 e. The van der Waals surface area contributed by atoms with Gasteiger partial charge in [0.25, 0.3) is 0 Å². The molecule has 0 saturated heterocycles. The SMILES string of the molecule is C=CCNC(=O)CN(c1ccccc1F)S(=O)(=O)N(C)C. The number of rotatable bonds is 7. The second kappa shape index (κ2) is 7.19. The molecule has 116 valence electrons. The number of benzene rings is 1. The Morgan fingerprint density at radius 1 is 1.38 bits per heavy atom. The number of anilines is 1. The fourth-order valence-electron chi connectivity index (χ4n) is 1.51. The van der Waals surface area contributed by atoms with Crippen LogP contribution < -0.4 is 9.62 Å². The molecule has 1 N–H and O–H groups in total. The van der Waals surface area contributed by atoms with E-state index in [4.69, 9.17) is 0 Å². The van der Waals surface area contributed by atoms with Gasteiger partial charge < -0.3 is 5.32 Å². The topological polar surface area (TPSA) is 69.7 Å². The van der Waals surface area contributed by atoms with Crippen molar-refractivity contribution in [3.05, 3.63) is 42.7 Å². The zero-order chi connectivity index (χ0) is 16.0. The number of halogens is 1. The van der Waals surface area contributed by atoms with Gasteiger partial charge in [-0.25, -0.2) is 8.70 Å². The summed E-state index contributed by atoms with van der Waals surface area (Å²) in [5.74, 6) is -1.27. The lowest BCUT2D eigenvalue weighted by molar-refractivity contribution is -0.119. The van der Waals surface area contributed by atoms with Crippen molar-refractivity contribution in [2.75, 3.05) is 31.5 Å². The molecule has 1 aromatic rings. The molecule has 0 heterocycles. The molecule has 8 heteroatoms. The Hall–Kier alpha value is -1.93. The summed E-state index contributed by atoms with van der Waals surface area (Å²) in [6, 6.07) is 5.38. The van der Waals surface area contributed by atoms with Crippen LogP contribution in [0.25, 0.3) is 0 Å². The molecule has 0 aliphatic carbocycles. The van der Waals surface area contributed by atoms with Gasteiger partial charge in [-0.05, 0) is 12.1 Å². The van der Waals surface area contributed by atoms with Gasteiger partial charge in [-0.1, -0.05) is 18.2 Å². The van der Waals surface area contributed by atoms with Crippen LogP contribution in [0.2, 0.25) is 0 Å². The summed E-state index contributed by atoms with van der Waals surface area (Å²) in [6.45, 7) is 3.13. The van der Waals surface area contributed by atoms with E-state index in [0.29, 0.717) is 0 Å². The Morgan fingerprint density at radius 3 is 2.52 bits per heavy atom. The van der Waals surface area contributed by atoms with Gasteiger partial charge in [-0.15, -0.1) is 6.58 Å². The summed E-state index contributed by atoms with van der Waals surface area (Å²) < 4.78 is 40.1. The Balaban J connectivity index is 3.16. The molecule has 0 spiro atoms. The van der Waals surface area contributed by atoms with Gasteiger partial charge in [0, 0.05) is 20.6 Å². The molecule has 0 aliphatic rings. The molecular formula is C13H18FN3O3S. The summed E-state index contributed by atoms with van der Waals surface area (Å²) in [5, 5.41) is 2.46. The minimum atomic E-state index is -3.99. The lowest BCUT2D eigenvalue weighted by Crippen LogP contribution is -2.46. The molecule has 21 heavy (non-hydrogen) atoms. The van der Waals surface area contributed by atoms with Crippen molar-refractivity contribution in [2.24, 2.45) is 0 Å². The zero-order valence-corrected chi connectivity index (χ0v) is 12.7. The summed E-state index contributed by atoms with van der Waals surface area (Å²) in [5.41, 5.74) is -0.181. The lowest BCUT2D eigenvalue weighted by atomic mass is 10.3. The average molecular weight is 315 g/mol. The molecule has 0 unspecified atom stereocenters. The van der Waals surface area contributed by atoms with E-state index in [1.165, 1.54) is 38.4 Å². The van der Waals surface area contributed by atoms with Crippen molar-refractivity contribution >= 4 is 21.8 Å². The molecule has 0 aliphatic heterocycles. The molecule has 0 fully saturated rings. The van der Waals surface area contributed by atoms with Crippen molar-refractivity contribution in [2.45, 2.75) is 0 Å². The van der Waals surface area contributed by atoms with Crippen LogP contribution in [0, 0.1) is 5.82 Å². The number of carbonyl (C=O) groups is 1. The first-order valence-electron chi connectivity index (χ1n) is 6.13. The molecule has 0 atom stereocenters. The van der Waals surface area contributed by atoms with E-state index < -0.39 is 28.5 Å². The summed E-state index contributed by atoms with van der Waals surface area (Å²) in [6.07, 6.45) is 1.46. The normalized spacial score (nSPS) is 11.2. The van der Waals surface area contributed by atoms with Crippen molar-refractivity contribution in [1.29, 1.82) is 0 Å². The van der Waals surface area contributed by atoms with E-state index in [-0.39, 0.29) is 12.2 Å². The Morgan fingerprint density at radius 2 is 2.00 bits per heavy atom. The second-order valence-electron chi connectivity index (χ2n) is 4.34. The third-order valence-electron chi connectivity index (χ3n) is 2.59. The second-order valence-corrected chi connectivity index (χ2v) is 6.41. The highest BCUT2D eigenvalue weighted by molar-refractivity contribution is 7.90. The highest BCUT2D eigenvalue weighted by Crippen LogP contribution is 2.22. The van der Waals surface area contributed by atoms with Gasteiger partial charge in [0.05, 0.1) is 5.69 Å². The maximum Gasteiger partial charge on any atom is 0.304 e. The maximum absolute atomic E-state index is 13.9. The standard InChI is InChI=1S/C13H18FN3O3S/c1-4-9-15-13(18)10-17(21(19,20)16(2)3)12-8-6-5-7-11(12)14/h4-8H,1,9-10H2,2-3H3,(H,15,18). The minimum Gasteiger partial charge on any atom is -0.351 e. The van der Waals surface area contributed by atoms with Crippen LogP contribution in [0.1, 0.15) is 0 Å². The quantitative estimate of drug-likeness (QED) is 0.755. The van der Waals surface area contributed by atoms with Crippen molar-refractivity contribution in [3.8, 4) is 0 Å². The van der Waals surface area contributed by atoms with Gasteiger partial charge in [0.2, 0.25) is 5.91 Å². The monoisotopic (exact) mass is 315 g/mol. The number of hydrogen-bond donors (Lipinski definition) is 1. The van der Waals surface area contributed by atoms with Gasteiger partial charge in [-0.2, -0.15) is 12.7 Å². The third-order valence-corrected chi connectivity index (χ3v) is 4.40. The number of nitrogens with one attached hydrogen (secondary N) is 1. The van der Waals surface area contributed by atoms with E-state index in [1.54, 1.807) is 0 Å². The molecular weight excluding hydrogens is 297 g/mol. The lowest BCUT2D eigenvalue weighted by Gasteiger charge is -2.27. The fraction of sp³-hybridized carbons (Fsp3) is 0.308. The van der Waals surface area contributed by atoms with E-state index in [1.807, 2.05) is 0 Å². The fourth-order valence-corrected chi connectivity index (χ4v) is 2.59. The maximum atomic E-state index is 13.9. The van der Waals surface area contributed by atoms with Crippen LogP contribution >= 0.6 is 0 Å². The molecule has 1 aromatic carbocycles. The number of carbonyl (C=O) groups excluding carboxylic acids is 1. The minimum absolute atomic E-state index is 0.181. The summed E-state index contributed by atoms with van der Waals surface area (Å²) in [4.78, 5) is 11.8. The molecule has 1 rings (SSSR count). The number of nitrogens with zero attached hydrogens (tertiary/aromatic N) is 2. The van der Waals surface area contributed by atoms with Crippen LogP contribution in [0.4, 0.5) is 10.1 Å². The number of amides is 1. The van der Waals surface area contributed by atoms with E-state index >= 15 is 0 Å². The van der Waals surface area contributed by atoms with Crippen LogP contribution in [0.15, 0.2) is 36.9 Å². The van der Waals surface area contributed by atoms with Gasteiger partial charge >= 0.3 is 10.2 Å².